The summed E-state index contributed by atoms with van der Waals surface area (Å²) in [7, 11) is 1.53. The zero-order chi connectivity index (χ0) is 21.7. The van der Waals surface area contributed by atoms with Crippen LogP contribution in [0.4, 0.5) is 11.4 Å². The average Bonchev–Trinajstić information content (AvgIpc) is 3.20. The minimum atomic E-state index is -0.603. The van der Waals surface area contributed by atoms with E-state index in [1.165, 1.54) is 31.4 Å². The monoisotopic (exact) mass is 423 g/mol. The fourth-order valence-corrected chi connectivity index (χ4v) is 2.82. The molecule has 0 aliphatic rings. The molecule has 0 aliphatic heterocycles. The molecule has 0 bridgehead atoms. The van der Waals surface area contributed by atoms with E-state index in [-0.39, 0.29) is 22.0 Å². The van der Waals surface area contributed by atoms with Crippen LogP contribution >= 0.6 is 11.6 Å². The van der Waals surface area contributed by atoms with Gasteiger partial charge in [0.05, 0.1) is 17.1 Å². The van der Waals surface area contributed by atoms with E-state index in [0.717, 1.165) is 0 Å². The predicted octanol–water partition coefficient (Wildman–Crippen LogP) is 5.06. The number of halogens is 1. The number of carbonyl (C=O) groups is 1. The maximum atomic E-state index is 12.4. The lowest BCUT2D eigenvalue weighted by Crippen LogP contribution is -2.13. The Kier molecular flexibility index (Phi) is 6.15. The first-order valence-corrected chi connectivity index (χ1v) is 8.90. The highest BCUT2D eigenvalue weighted by atomic mass is 35.5. The highest BCUT2D eigenvalue weighted by Crippen LogP contribution is 2.32. The number of nitro groups is 1. The molecule has 0 fully saturated rings. The molecule has 1 N–H and O–H groups in total. The van der Waals surface area contributed by atoms with Gasteiger partial charge in [-0.1, -0.05) is 11.6 Å². The van der Waals surface area contributed by atoms with Gasteiger partial charge in [0, 0.05) is 29.5 Å². The number of hydrogen-bond acceptors (Lipinski definition) is 6. The van der Waals surface area contributed by atoms with E-state index in [0.29, 0.717) is 22.8 Å². The van der Waals surface area contributed by atoms with Gasteiger partial charge in [0.2, 0.25) is 0 Å². The summed E-state index contributed by atoms with van der Waals surface area (Å²) in [6.07, 6.45) is 1.29. The summed E-state index contributed by atoms with van der Waals surface area (Å²) in [6, 6.07) is 15.6. The van der Waals surface area contributed by atoms with Crippen molar-refractivity contribution in [3.05, 3.63) is 81.1 Å². The number of carbonyl (C=O) groups excluding carboxylic acids is 1. The van der Waals surface area contributed by atoms with Crippen molar-refractivity contribution in [2.45, 2.75) is 0 Å². The lowest BCUT2D eigenvalue weighted by molar-refractivity contribution is -0.384. The van der Waals surface area contributed by atoms with E-state index in [4.69, 9.17) is 20.8 Å². The molecule has 0 saturated carbocycles. The molecule has 9 heteroatoms. The van der Waals surface area contributed by atoms with Crippen molar-refractivity contribution < 1.29 is 18.9 Å². The van der Waals surface area contributed by atoms with E-state index in [1.54, 1.807) is 36.4 Å². The summed E-state index contributed by atoms with van der Waals surface area (Å²) in [5.74, 6) is 0.626. The number of benzene rings is 2. The molecule has 0 aliphatic carbocycles. The Morgan fingerprint density at radius 2 is 1.97 bits per heavy atom. The summed E-state index contributed by atoms with van der Waals surface area (Å²) >= 11 is 6.11. The Labute approximate surface area is 176 Å². The first-order valence-electron chi connectivity index (χ1n) is 8.52. The zero-order valence-corrected chi connectivity index (χ0v) is 16.3. The Morgan fingerprint density at radius 3 is 2.57 bits per heavy atom. The van der Waals surface area contributed by atoms with Crippen LogP contribution in [0.5, 0.6) is 5.75 Å². The number of furan rings is 1. The standard InChI is InChI=1S/C21H14ClN3O5/c1-29-16-5-2-14(3-6-16)24-21(26)13(12-23)10-17-7-9-20(30-17)18-8-4-15(25(27)28)11-19(18)22/h2-11H,1H3,(H,24,26)/b13-10+. The van der Waals surface area contributed by atoms with Gasteiger partial charge < -0.3 is 14.5 Å². The van der Waals surface area contributed by atoms with Crippen molar-refractivity contribution >= 4 is 35.0 Å². The molecule has 3 rings (SSSR count). The number of nitro benzene ring substituents is 1. The molecule has 1 heterocycles. The maximum Gasteiger partial charge on any atom is 0.270 e. The van der Waals surface area contributed by atoms with Gasteiger partial charge in [-0.2, -0.15) is 5.26 Å². The second kappa shape index (κ2) is 8.94. The van der Waals surface area contributed by atoms with Gasteiger partial charge >= 0.3 is 0 Å². The third-order valence-corrected chi connectivity index (χ3v) is 4.37. The van der Waals surface area contributed by atoms with E-state index in [1.807, 2.05) is 6.07 Å². The van der Waals surface area contributed by atoms with Crippen molar-refractivity contribution in [3.63, 3.8) is 0 Å². The number of non-ortho nitro benzene ring substituents is 1. The molecule has 2 aromatic carbocycles. The van der Waals surface area contributed by atoms with Gasteiger partial charge in [-0.15, -0.1) is 0 Å². The minimum Gasteiger partial charge on any atom is -0.497 e. The van der Waals surface area contributed by atoms with Crippen molar-refractivity contribution in [1.82, 2.24) is 0 Å². The molecule has 0 unspecified atom stereocenters. The lowest BCUT2D eigenvalue weighted by atomic mass is 10.1. The smallest absolute Gasteiger partial charge is 0.270 e. The third-order valence-electron chi connectivity index (χ3n) is 4.06. The average molecular weight is 424 g/mol. The quantitative estimate of drug-likeness (QED) is 0.256. The van der Waals surface area contributed by atoms with Crippen LogP contribution in [-0.2, 0) is 4.79 Å². The van der Waals surface area contributed by atoms with E-state index < -0.39 is 10.8 Å². The first-order chi connectivity index (χ1) is 14.4. The maximum absolute atomic E-state index is 12.4. The van der Waals surface area contributed by atoms with E-state index in [2.05, 4.69) is 5.32 Å². The molecule has 0 radical (unpaired) electrons. The van der Waals surface area contributed by atoms with Crippen molar-refractivity contribution in [2.24, 2.45) is 0 Å². The molecule has 1 amide bonds. The summed E-state index contributed by atoms with van der Waals surface area (Å²) in [4.78, 5) is 22.7. The van der Waals surface area contributed by atoms with Crippen LogP contribution in [0.25, 0.3) is 17.4 Å². The number of anilines is 1. The largest absolute Gasteiger partial charge is 0.497 e. The summed E-state index contributed by atoms with van der Waals surface area (Å²) in [6.45, 7) is 0. The number of nitriles is 1. The SMILES string of the molecule is COc1ccc(NC(=O)/C(C#N)=C/c2ccc(-c3ccc([N+](=O)[O-])cc3Cl)o2)cc1. The number of methoxy groups -OCH3 is 1. The van der Waals surface area contributed by atoms with Crippen LogP contribution in [0.3, 0.4) is 0 Å². The van der Waals surface area contributed by atoms with Crippen LogP contribution in [0, 0.1) is 21.4 Å². The third kappa shape index (κ3) is 4.66. The van der Waals surface area contributed by atoms with Crippen LogP contribution in [0.15, 0.2) is 64.6 Å². The molecule has 0 atom stereocenters. The lowest BCUT2D eigenvalue weighted by Gasteiger charge is -2.05. The normalized spacial score (nSPS) is 10.9. The van der Waals surface area contributed by atoms with Gasteiger partial charge in [-0.25, -0.2) is 0 Å². The fraction of sp³-hybridized carbons (Fsp3) is 0.0476. The molecule has 30 heavy (non-hydrogen) atoms. The Bertz CT molecular complexity index is 1180. The fourth-order valence-electron chi connectivity index (χ4n) is 2.56. The van der Waals surface area contributed by atoms with Crippen molar-refractivity contribution in [1.29, 1.82) is 5.26 Å². The second-order valence-corrected chi connectivity index (χ2v) is 6.38. The number of amides is 1. The molecular formula is C21H14ClN3O5. The number of ether oxygens (including phenoxy) is 1. The highest BCUT2D eigenvalue weighted by molar-refractivity contribution is 6.33. The van der Waals surface area contributed by atoms with Crippen molar-refractivity contribution in [3.8, 4) is 23.1 Å². The Hall–Kier alpha value is -4.09. The van der Waals surface area contributed by atoms with Crippen LogP contribution in [0.1, 0.15) is 5.76 Å². The highest BCUT2D eigenvalue weighted by Gasteiger charge is 2.15. The van der Waals surface area contributed by atoms with Gasteiger partial charge in [0.25, 0.3) is 11.6 Å². The molecule has 3 aromatic rings. The topological polar surface area (TPSA) is 118 Å². The molecule has 1 aromatic heterocycles. The molecule has 150 valence electrons. The van der Waals surface area contributed by atoms with E-state index >= 15 is 0 Å². The number of hydrogen-bond donors (Lipinski definition) is 1. The Morgan fingerprint density at radius 1 is 1.23 bits per heavy atom. The summed E-state index contributed by atoms with van der Waals surface area (Å²) in [5.41, 5.74) is 0.641. The summed E-state index contributed by atoms with van der Waals surface area (Å²) < 4.78 is 10.7. The van der Waals surface area contributed by atoms with Crippen LogP contribution in [-0.4, -0.2) is 17.9 Å². The number of nitrogens with one attached hydrogen (secondary N) is 1. The zero-order valence-electron chi connectivity index (χ0n) is 15.6. The Balaban J connectivity index is 1.80. The predicted molar refractivity (Wildman–Crippen MR) is 111 cm³/mol. The van der Waals surface area contributed by atoms with Gasteiger partial charge in [0.15, 0.2) is 0 Å². The second-order valence-electron chi connectivity index (χ2n) is 5.98. The molecular weight excluding hydrogens is 410 g/mol. The van der Waals surface area contributed by atoms with Crippen LogP contribution in [0.2, 0.25) is 5.02 Å². The van der Waals surface area contributed by atoms with Gasteiger partial charge in [0.1, 0.15) is 28.9 Å². The molecule has 0 spiro atoms. The molecule has 0 saturated heterocycles. The van der Waals surface area contributed by atoms with Crippen LogP contribution < -0.4 is 10.1 Å². The number of nitrogens with zero attached hydrogens (tertiary/aromatic N) is 2. The minimum absolute atomic E-state index is 0.141. The van der Waals surface area contributed by atoms with Gasteiger partial charge in [-0.3, -0.25) is 14.9 Å². The summed E-state index contributed by atoms with van der Waals surface area (Å²) in [5, 5.41) is 22.9. The van der Waals surface area contributed by atoms with E-state index in [9.17, 15) is 20.2 Å². The molecule has 8 nitrogen and oxygen atoms in total. The van der Waals surface area contributed by atoms with Crippen molar-refractivity contribution in [2.75, 3.05) is 12.4 Å². The number of rotatable bonds is 6. The first kappa shape index (κ1) is 20.6. The van der Waals surface area contributed by atoms with Gasteiger partial charge in [-0.05, 0) is 42.5 Å².